The number of nitrogens with zero attached hydrogens (tertiary/aromatic N) is 3. The number of carbonyl (C=O) groups is 1. The van der Waals surface area contributed by atoms with Gasteiger partial charge in [-0.3, -0.25) is 14.7 Å². The molecule has 1 aliphatic rings. The molecule has 1 atom stereocenters. The van der Waals surface area contributed by atoms with Crippen molar-refractivity contribution in [3.63, 3.8) is 0 Å². The minimum atomic E-state index is -0.147. The molecule has 0 aromatic carbocycles. The number of hydrogen-bond donors (Lipinski definition) is 2. The van der Waals surface area contributed by atoms with Crippen LogP contribution in [0.4, 0.5) is 0 Å². The van der Waals surface area contributed by atoms with Crippen LogP contribution in [0.3, 0.4) is 0 Å². The maximum Gasteiger partial charge on any atom is 0.268 e. The van der Waals surface area contributed by atoms with Gasteiger partial charge in [0.15, 0.2) is 0 Å². The van der Waals surface area contributed by atoms with Crippen molar-refractivity contribution >= 4 is 27.5 Å². The fourth-order valence-electron chi connectivity index (χ4n) is 3.24. The number of rotatable bonds is 3. The van der Waals surface area contributed by atoms with E-state index < -0.39 is 0 Å². The van der Waals surface area contributed by atoms with Crippen LogP contribution in [0.15, 0.2) is 22.4 Å². The van der Waals surface area contributed by atoms with E-state index in [2.05, 4.69) is 20.2 Å². The summed E-state index contributed by atoms with van der Waals surface area (Å²) in [4.78, 5) is 33.6. The zero-order valence-corrected chi connectivity index (χ0v) is 14.0. The predicted octanol–water partition coefficient (Wildman–Crippen LogP) is 1.47. The number of thiophene rings is 1. The van der Waals surface area contributed by atoms with Crippen molar-refractivity contribution in [1.29, 1.82) is 0 Å². The third-order valence-corrected chi connectivity index (χ3v) is 5.40. The summed E-state index contributed by atoms with van der Waals surface area (Å²) in [5.74, 6) is 0.549. The molecule has 0 bridgehead atoms. The molecule has 2 N–H and O–H groups in total. The smallest absolute Gasteiger partial charge is 0.268 e. The molecule has 0 radical (unpaired) electrons. The summed E-state index contributed by atoms with van der Waals surface area (Å²) in [6.07, 6.45) is 4.17. The number of aromatic amines is 2. The lowest BCUT2D eigenvalue weighted by Gasteiger charge is -2.26. The van der Waals surface area contributed by atoms with Crippen molar-refractivity contribution in [2.24, 2.45) is 5.92 Å². The van der Waals surface area contributed by atoms with Crippen molar-refractivity contribution < 1.29 is 4.79 Å². The molecule has 0 aliphatic heterocycles. The number of amides is 1. The number of aromatic nitrogens is 4. The van der Waals surface area contributed by atoms with Gasteiger partial charge in [-0.25, -0.2) is 4.98 Å². The Bertz CT molecular complexity index is 957. The van der Waals surface area contributed by atoms with Gasteiger partial charge in [0.1, 0.15) is 10.5 Å². The van der Waals surface area contributed by atoms with E-state index in [1.54, 1.807) is 18.1 Å². The Labute approximate surface area is 141 Å². The van der Waals surface area contributed by atoms with Gasteiger partial charge >= 0.3 is 0 Å². The maximum atomic E-state index is 12.7. The number of carbonyl (C=O) groups excluding carboxylic acids is 1. The van der Waals surface area contributed by atoms with Gasteiger partial charge in [-0.05, 0) is 36.3 Å². The molecule has 3 aromatic heterocycles. The number of nitrogens with one attached hydrogen (secondary N) is 2. The summed E-state index contributed by atoms with van der Waals surface area (Å²) in [5.41, 5.74) is 2.79. The first-order valence-corrected chi connectivity index (χ1v) is 8.72. The lowest BCUT2D eigenvalue weighted by Crippen LogP contribution is -2.36. The highest BCUT2D eigenvalue weighted by atomic mass is 32.1. The van der Waals surface area contributed by atoms with Crippen LogP contribution in [-0.2, 0) is 24.2 Å². The normalized spacial score (nSPS) is 17.0. The second-order valence-corrected chi connectivity index (χ2v) is 7.07. The Morgan fingerprint density at radius 3 is 3.25 bits per heavy atom. The van der Waals surface area contributed by atoms with Crippen molar-refractivity contribution in [3.05, 3.63) is 45.1 Å². The van der Waals surface area contributed by atoms with E-state index in [1.807, 2.05) is 11.4 Å². The third-order valence-electron chi connectivity index (χ3n) is 4.49. The zero-order chi connectivity index (χ0) is 16.7. The molecule has 3 aromatic rings. The quantitative estimate of drug-likeness (QED) is 0.753. The molecule has 0 saturated heterocycles. The number of hydrogen-bond acceptors (Lipinski definition) is 5. The molecule has 1 amide bonds. The fourth-order valence-corrected chi connectivity index (χ4v) is 3.96. The lowest BCUT2D eigenvalue weighted by molar-refractivity contribution is -0.135. The SMILES string of the molecule is CN(Cc1nc2ccsc2c(=O)[nH]1)C(=O)[C@H]1CCc2[nH]ncc2C1. The maximum absolute atomic E-state index is 12.7. The molecule has 0 spiro atoms. The van der Waals surface area contributed by atoms with Crippen molar-refractivity contribution in [3.8, 4) is 0 Å². The van der Waals surface area contributed by atoms with E-state index in [4.69, 9.17) is 0 Å². The summed E-state index contributed by atoms with van der Waals surface area (Å²) in [6, 6.07) is 1.82. The van der Waals surface area contributed by atoms with Crippen molar-refractivity contribution in [1.82, 2.24) is 25.1 Å². The first kappa shape index (κ1) is 15.1. The highest BCUT2D eigenvalue weighted by molar-refractivity contribution is 7.17. The van der Waals surface area contributed by atoms with Gasteiger partial charge in [-0.15, -0.1) is 11.3 Å². The number of fused-ring (bicyclic) bond motifs is 2. The standard InChI is InChI=1S/C16H17N5O2S/c1-21(8-13-18-12-4-5-24-14(12)15(22)19-13)16(23)9-2-3-11-10(6-9)7-17-20-11/h4-5,7,9H,2-3,6,8H2,1H3,(H,17,20)(H,18,19,22)/t9-/m0/s1. The molecule has 7 nitrogen and oxygen atoms in total. The van der Waals surface area contributed by atoms with Crippen molar-refractivity contribution in [2.45, 2.75) is 25.8 Å². The largest absolute Gasteiger partial charge is 0.338 e. The minimum absolute atomic E-state index is 0.0447. The van der Waals surface area contributed by atoms with Gasteiger partial charge in [0.25, 0.3) is 5.56 Å². The van der Waals surface area contributed by atoms with Gasteiger partial charge in [0, 0.05) is 18.7 Å². The van der Waals surface area contributed by atoms with Crippen LogP contribution in [0, 0.1) is 5.92 Å². The van der Waals surface area contributed by atoms with E-state index in [-0.39, 0.29) is 17.4 Å². The van der Waals surface area contributed by atoms with Gasteiger partial charge in [-0.1, -0.05) is 0 Å². The molecule has 24 heavy (non-hydrogen) atoms. The van der Waals surface area contributed by atoms with Crippen LogP contribution in [0.25, 0.3) is 10.2 Å². The Morgan fingerprint density at radius 1 is 1.50 bits per heavy atom. The van der Waals surface area contributed by atoms with E-state index >= 15 is 0 Å². The molecular formula is C16H17N5O2S. The van der Waals surface area contributed by atoms with Crippen LogP contribution in [-0.4, -0.2) is 38.0 Å². The molecule has 124 valence electrons. The molecule has 0 fully saturated rings. The number of H-pyrrole nitrogens is 2. The Morgan fingerprint density at radius 2 is 2.38 bits per heavy atom. The lowest BCUT2D eigenvalue weighted by atomic mass is 9.87. The number of aryl methyl sites for hydroxylation is 1. The molecule has 0 unspecified atom stereocenters. The summed E-state index contributed by atoms with van der Waals surface area (Å²) in [7, 11) is 1.75. The first-order valence-electron chi connectivity index (χ1n) is 7.84. The Kier molecular flexibility index (Phi) is 3.68. The minimum Gasteiger partial charge on any atom is -0.338 e. The third kappa shape index (κ3) is 2.62. The molecule has 0 saturated carbocycles. The van der Waals surface area contributed by atoms with Crippen LogP contribution in [0.2, 0.25) is 0 Å². The van der Waals surface area contributed by atoms with E-state index in [0.717, 1.165) is 24.1 Å². The van der Waals surface area contributed by atoms with Gasteiger partial charge in [-0.2, -0.15) is 5.10 Å². The van der Waals surface area contributed by atoms with Crippen LogP contribution in [0.1, 0.15) is 23.5 Å². The monoisotopic (exact) mass is 343 g/mol. The Hall–Kier alpha value is -2.48. The van der Waals surface area contributed by atoms with Crippen molar-refractivity contribution in [2.75, 3.05) is 7.05 Å². The summed E-state index contributed by atoms with van der Waals surface area (Å²) < 4.78 is 0.618. The molecule has 4 rings (SSSR count). The van der Waals surface area contributed by atoms with E-state index in [1.165, 1.54) is 11.3 Å². The zero-order valence-electron chi connectivity index (χ0n) is 13.2. The van der Waals surface area contributed by atoms with Crippen LogP contribution < -0.4 is 5.56 Å². The van der Waals surface area contributed by atoms with Crippen LogP contribution >= 0.6 is 11.3 Å². The van der Waals surface area contributed by atoms with Gasteiger partial charge in [0.05, 0.1) is 18.3 Å². The first-order chi connectivity index (χ1) is 11.6. The van der Waals surface area contributed by atoms with E-state index in [0.29, 0.717) is 29.0 Å². The molecule has 3 heterocycles. The summed E-state index contributed by atoms with van der Waals surface area (Å²) >= 11 is 1.37. The summed E-state index contributed by atoms with van der Waals surface area (Å²) in [5, 5.41) is 8.87. The van der Waals surface area contributed by atoms with Gasteiger partial charge < -0.3 is 9.88 Å². The Balaban J connectivity index is 1.50. The van der Waals surface area contributed by atoms with Gasteiger partial charge in [0.2, 0.25) is 5.91 Å². The molecular weight excluding hydrogens is 326 g/mol. The highest BCUT2D eigenvalue weighted by Crippen LogP contribution is 2.25. The molecule has 8 heteroatoms. The second-order valence-electron chi connectivity index (χ2n) is 6.16. The predicted molar refractivity (Wildman–Crippen MR) is 90.8 cm³/mol. The average molecular weight is 343 g/mol. The average Bonchev–Trinajstić information content (AvgIpc) is 3.22. The second kappa shape index (κ2) is 5.86. The highest BCUT2D eigenvalue weighted by Gasteiger charge is 2.28. The fraction of sp³-hybridized carbons (Fsp3) is 0.375. The summed E-state index contributed by atoms with van der Waals surface area (Å²) in [6.45, 7) is 0.300. The molecule has 1 aliphatic carbocycles. The van der Waals surface area contributed by atoms with E-state index in [9.17, 15) is 9.59 Å². The topological polar surface area (TPSA) is 94.7 Å². The van der Waals surface area contributed by atoms with Crippen LogP contribution in [0.5, 0.6) is 0 Å².